The van der Waals surface area contributed by atoms with Crippen molar-refractivity contribution in [3.05, 3.63) is 45.8 Å². The quantitative estimate of drug-likeness (QED) is 0.772. The summed E-state index contributed by atoms with van der Waals surface area (Å²) in [5.41, 5.74) is 6.88. The molecule has 0 saturated carbocycles. The lowest BCUT2D eigenvalue weighted by atomic mass is 10.1. The van der Waals surface area contributed by atoms with Crippen LogP contribution in [0.2, 0.25) is 5.02 Å². The van der Waals surface area contributed by atoms with Gasteiger partial charge in [0.15, 0.2) is 0 Å². The van der Waals surface area contributed by atoms with Crippen LogP contribution < -0.4 is 16.4 Å². The smallest absolute Gasteiger partial charge is 0.261 e. The van der Waals surface area contributed by atoms with Crippen LogP contribution >= 0.6 is 11.6 Å². The van der Waals surface area contributed by atoms with Crippen LogP contribution in [0.3, 0.4) is 0 Å². The molecule has 2 amide bonds. The Labute approximate surface area is 138 Å². The van der Waals surface area contributed by atoms with Crippen LogP contribution in [-0.4, -0.2) is 30.1 Å². The molecule has 1 heterocycles. The van der Waals surface area contributed by atoms with Crippen LogP contribution in [0.5, 0.6) is 0 Å². The zero-order valence-electron chi connectivity index (χ0n) is 12.8. The van der Waals surface area contributed by atoms with Gasteiger partial charge in [0.05, 0.1) is 16.4 Å². The van der Waals surface area contributed by atoms with E-state index in [2.05, 4.69) is 15.8 Å². The Morgan fingerprint density at radius 1 is 1.30 bits per heavy atom. The van der Waals surface area contributed by atoms with Gasteiger partial charge in [0.2, 0.25) is 0 Å². The summed E-state index contributed by atoms with van der Waals surface area (Å²) < 4.78 is 4.97. The highest BCUT2D eigenvalue weighted by molar-refractivity contribution is 6.34. The van der Waals surface area contributed by atoms with Gasteiger partial charge >= 0.3 is 0 Å². The lowest BCUT2D eigenvalue weighted by Gasteiger charge is -2.10. The molecule has 0 spiro atoms. The Kier molecular flexibility index (Phi) is 5.36. The zero-order chi connectivity index (χ0) is 17.0. The summed E-state index contributed by atoms with van der Waals surface area (Å²) in [7, 11) is 0. The first-order chi connectivity index (χ1) is 10.9. The highest BCUT2D eigenvalue weighted by Crippen LogP contribution is 2.24. The minimum Gasteiger partial charge on any atom is -0.361 e. The molecule has 0 bridgehead atoms. The number of halogens is 1. The minimum absolute atomic E-state index is 0.292. The molecule has 0 aliphatic heterocycles. The third-order valence-corrected chi connectivity index (χ3v) is 3.50. The van der Waals surface area contributed by atoms with Gasteiger partial charge in [0, 0.05) is 18.7 Å². The first kappa shape index (κ1) is 17.0. The van der Waals surface area contributed by atoms with Gasteiger partial charge in [-0.1, -0.05) is 16.8 Å². The zero-order valence-corrected chi connectivity index (χ0v) is 13.5. The highest BCUT2D eigenvalue weighted by atomic mass is 35.5. The molecule has 0 atom stereocenters. The number of nitrogens with one attached hydrogen (secondary N) is 2. The van der Waals surface area contributed by atoms with Gasteiger partial charge in [-0.05, 0) is 32.0 Å². The van der Waals surface area contributed by atoms with E-state index in [0.717, 1.165) is 0 Å². The van der Waals surface area contributed by atoms with Gasteiger partial charge in [-0.15, -0.1) is 0 Å². The van der Waals surface area contributed by atoms with Gasteiger partial charge in [0.25, 0.3) is 11.8 Å². The number of nitrogens with zero attached hydrogens (tertiary/aromatic N) is 1. The fourth-order valence-corrected chi connectivity index (χ4v) is 2.21. The van der Waals surface area contributed by atoms with Crippen molar-refractivity contribution in [2.75, 3.05) is 18.4 Å². The maximum absolute atomic E-state index is 12.3. The van der Waals surface area contributed by atoms with Gasteiger partial charge in [-0.25, -0.2) is 0 Å². The molecule has 0 saturated heterocycles. The predicted octanol–water partition coefficient (Wildman–Crippen LogP) is 1.89. The number of carbonyl (C=O) groups is 2. The van der Waals surface area contributed by atoms with E-state index in [1.54, 1.807) is 26.0 Å². The summed E-state index contributed by atoms with van der Waals surface area (Å²) >= 11 is 6.08. The third kappa shape index (κ3) is 3.88. The number of benzene rings is 1. The lowest BCUT2D eigenvalue weighted by Crippen LogP contribution is -2.29. The van der Waals surface area contributed by atoms with E-state index >= 15 is 0 Å². The summed E-state index contributed by atoms with van der Waals surface area (Å²) in [4.78, 5) is 24.3. The molecule has 0 fully saturated rings. The fourth-order valence-electron chi connectivity index (χ4n) is 2.04. The summed E-state index contributed by atoms with van der Waals surface area (Å²) in [5, 5.41) is 9.38. The average Bonchev–Trinajstić information content (AvgIpc) is 2.86. The van der Waals surface area contributed by atoms with Crippen LogP contribution in [0.15, 0.2) is 22.7 Å². The van der Waals surface area contributed by atoms with Crippen molar-refractivity contribution in [2.24, 2.45) is 5.73 Å². The summed E-state index contributed by atoms with van der Waals surface area (Å²) in [6.45, 7) is 4.02. The molecular weight excluding hydrogens is 320 g/mol. The van der Waals surface area contributed by atoms with Crippen LogP contribution in [0.4, 0.5) is 5.69 Å². The van der Waals surface area contributed by atoms with Crippen LogP contribution in [-0.2, 0) is 0 Å². The van der Waals surface area contributed by atoms with Crippen molar-refractivity contribution in [2.45, 2.75) is 13.8 Å². The minimum atomic E-state index is -0.400. The molecule has 0 aliphatic rings. The monoisotopic (exact) mass is 336 g/mol. The normalized spacial score (nSPS) is 10.4. The molecule has 2 rings (SSSR count). The van der Waals surface area contributed by atoms with Crippen molar-refractivity contribution in [3.63, 3.8) is 0 Å². The fraction of sp³-hybridized carbons (Fsp3) is 0.267. The van der Waals surface area contributed by atoms with E-state index in [9.17, 15) is 9.59 Å². The first-order valence-electron chi connectivity index (χ1n) is 6.96. The third-order valence-electron chi connectivity index (χ3n) is 3.17. The number of carbonyl (C=O) groups excluding carboxylic acids is 2. The first-order valence-corrected chi connectivity index (χ1v) is 7.34. The molecule has 0 aliphatic carbocycles. The molecule has 23 heavy (non-hydrogen) atoms. The number of rotatable bonds is 5. The molecule has 2 aromatic rings. The second kappa shape index (κ2) is 7.26. The molecule has 1 aromatic carbocycles. The Balaban J connectivity index is 2.22. The van der Waals surface area contributed by atoms with Crippen molar-refractivity contribution in [1.82, 2.24) is 10.5 Å². The number of aromatic nitrogens is 1. The largest absolute Gasteiger partial charge is 0.361 e. The Hall–Kier alpha value is -2.38. The van der Waals surface area contributed by atoms with Crippen LogP contribution in [0.25, 0.3) is 0 Å². The predicted molar refractivity (Wildman–Crippen MR) is 86.8 cm³/mol. The standard InChI is InChI=1S/C15H17ClN4O3/c1-8-13(9(2)23-20-8)15(22)19-12-7-10(3-4-11(12)16)14(21)18-6-5-17/h3-4,7H,5-6,17H2,1-2H3,(H,18,21)(H,19,22). The van der Waals surface area contributed by atoms with Crippen molar-refractivity contribution < 1.29 is 14.1 Å². The molecule has 0 unspecified atom stereocenters. The molecule has 7 nitrogen and oxygen atoms in total. The summed E-state index contributed by atoms with van der Waals surface area (Å²) in [6, 6.07) is 4.62. The van der Waals surface area contributed by atoms with Crippen molar-refractivity contribution in [3.8, 4) is 0 Å². The molecule has 8 heteroatoms. The molecule has 1 aromatic heterocycles. The summed E-state index contributed by atoms with van der Waals surface area (Å²) in [6.07, 6.45) is 0. The number of hydrogen-bond acceptors (Lipinski definition) is 5. The average molecular weight is 337 g/mol. The van der Waals surface area contributed by atoms with Gasteiger partial charge in [0.1, 0.15) is 11.3 Å². The molecule has 4 N–H and O–H groups in total. The topological polar surface area (TPSA) is 110 Å². The van der Waals surface area contributed by atoms with Gasteiger partial charge < -0.3 is 20.9 Å². The number of nitrogens with two attached hydrogens (primary N) is 1. The van der Waals surface area contributed by atoms with Crippen molar-refractivity contribution >= 4 is 29.1 Å². The van der Waals surface area contributed by atoms with E-state index in [4.69, 9.17) is 21.9 Å². The van der Waals surface area contributed by atoms with Crippen molar-refractivity contribution in [1.29, 1.82) is 0 Å². The number of anilines is 1. The Morgan fingerprint density at radius 2 is 2.04 bits per heavy atom. The van der Waals surface area contributed by atoms with E-state index in [-0.39, 0.29) is 5.91 Å². The van der Waals surface area contributed by atoms with E-state index in [1.807, 2.05) is 0 Å². The van der Waals surface area contributed by atoms with Crippen LogP contribution in [0, 0.1) is 13.8 Å². The van der Waals surface area contributed by atoms with Crippen LogP contribution in [0.1, 0.15) is 32.2 Å². The SMILES string of the molecule is Cc1noc(C)c1C(=O)Nc1cc(C(=O)NCCN)ccc1Cl. The van der Waals surface area contributed by atoms with Gasteiger partial charge in [-0.3, -0.25) is 9.59 Å². The van der Waals surface area contributed by atoms with Gasteiger partial charge in [-0.2, -0.15) is 0 Å². The maximum Gasteiger partial charge on any atom is 0.261 e. The molecule has 122 valence electrons. The number of aryl methyl sites for hydroxylation is 2. The van der Waals surface area contributed by atoms with E-state index in [0.29, 0.717) is 46.4 Å². The maximum atomic E-state index is 12.3. The van der Waals surface area contributed by atoms with E-state index < -0.39 is 5.91 Å². The molecular formula is C15H17ClN4O3. The summed E-state index contributed by atoms with van der Waals surface area (Å²) in [5.74, 6) is -0.282. The highest BCUT2D eigenvalue weighted by Gasteiger charge is 2.19. The Bertz CT molecular complexity index is 723. The molecule has 0 radical (unpaired) electrons. The number of hydrogen-bond donors (Lipinski definition) is 3. The second-order valence-electron chi connectivity index (χ2n) is 4.89. The lowest BCUT2D eigenvalue weighted by molar-refractivity contribution is 0.0953. The Morgan fingerprint density at radius 3 is 2.65 bits per heavy atom. The second-order valence-corrected chi connectivity index (χ2v) is 5.30. The number of amides is 2. The van der Waals surface area contributed by atoms with E-state index in [1.165, 1.54) is 6.07 Å².